The van der Waals surface area contributed by atoms with Crippen LogP contribution in [0.25, 0.3) is 0 Å². The fourth-order valence-corrected chi connectivity index (χ4v) is 2.39. The molecule has 0 aliphatic carbocycles. The molecule has 0 aromatic carbocycles. The molecule has 0 spiro atoms. The van der Waals surface area contributed by atoms with Gasteiger partial charge in [-0.15, -0.1) is 0 Å². The molecule has 4 heteroatoms. The van der Waals surface area contributed by atoms with Crippen LogP contribution >= 0.6 is 0 Å². The number of carbonyl (C=O) groups excluding carboxylic acids is 1. The number of esters is 1. The first-order valence-electron chi connectivity index (χ1n) is 9.04. The van der Waals surface area contributed by atoms with Crippen LogP contribution in [0.2, 0.25) is 0 Å². The van der Waals surface area contributed by atoms with Crippen molar-refractivity contribution in [3.8, 4) is 0 Å². The average molecular weight is 314 g/mol. The average Bonchev–Trinajstić information content (AvgIpc) is 2.48. The molecule has 0 unspecified atom stereocenters. The summed E-state index contributed by atoms with van der Waals surface area (Å²) in [6, 6.07) is 0. The SMILES string of the molecule is CCCCCCCCCC(=O)OCCCCCCCC(=O)O. The summed E-state index contributed by atoms with van der Waals surface area (Å²) in [6.07, 6.45) is 13.9. The molecule has 0 radical (unpaired) electrons. The number of aliphatic carboxylic acids is 1. The van der Waals surface area contributed by atoms with Crippen molar-refractivity contribution >= 4 is 11.9 Å². The molecule has 1 N–H and O–H groups in total. The van der Waals surface area contributed by atoms with E-state index in [-0.39, 0.29) is 12.4 Å². The lowest BCUT2D eigenvalue weighted by Gasteiger charge is -2.05. The molecule has 0 saturated carbocycles. The summed E-state index contributed by atoms with van der Waals surface area (Å²) in [5.74, 6) is -0.793. The minimum absolute atomic E-state index is 0.0700. The maximum atomic E-state index is 11.5. The summed E-state index contributed by atoms with van der Waals surface area (Å²) in [6.45, 7) is 2.72. The number of hydrogen-bond acceptors (Lipinski definition) is 3. The largest absolute Gasteiger partial charge is 0.481 e. The van der Waals surface area contributed by atoms with Crippen molar-refractivity contribution in [1.29, 1.82) is 0 Å². The Morgan fingerprint density at radius 1 is 0.727 bits per heavy atom. The van der Waals surface area contributed by atoms with E-state index in [1.165, 1.54) is 32.1 Å². The van der Waals surface area contributed by atoms with Crippen molar-refractivity contribution in [1.82, 2.24) is 0 Å². The maximum absolute atomic E-state index is 11.5. The summed E-state index contributed by atoms with van der Waals surface area (Å²) in [5, 5.41) is 8.50. The minimum atomic E-state index is -0.723. The zero-order valence-electron chi connectivity index (χ0n) is 14.3. The van der Waals surface area contributed by atoms with E-state index in [2.05, 4.69) is 6.92 Å². The van der Waals surface area contributed by atoms with E-state index >= 15 is 0 Å². The highest BCUT2D eigenvalue weighted by Crippen LogP contribution is 2.09. The number of unbranched alkanes of at least 4 members (excludes halogenated alkanes) is 10. The van der Waals surface area contributed by atoms with Crippen LogP contribution in [0.4, 0.5) is 0 Å². The van der Waals surface area contributed by atoms with Crippen molar-refractivity contribution in [2.45, 2.75) is 96.8 Å². The van der Waals surface area contributed by atoms with E-state index < -0.39 is 5.97 Å². The van der Waals surface area contributed by atoms with Gasteiger partial charge in [0, 0.05) is 12.8 Å². The van der Waals surface area contributed by atoms with Gasteiger partial charge in [-0.3, -0.25) is 9.59 Å². The molecule has 0 aliphatic rings. The van der Waals surface area contributed by atoms with Crippen molar-refractivity contribution in [2.24, 2.45) is 0 Å². The van der Waals surface area contributed by atoms with Gasteiger partial charge in [0.2, 0.25) is 0 Å². The molecule has 4 nitrogen and oxygen atoms in total. The van der Waals surface area contributed by atoms with E-state index in [9.17, 15) is 9.59 Å². The van der Waals surface area contributed by atoms with Crippen LogP contribution in [0.5, 0.6) is 0 Å². The van der Waals surface area contributed by atoms with Crippen LogP contribution in [0.15, 0.2) is 0 Å². The monoisotopic (exact) mass is 314 g/mol. The number of rotatable bonds is 16. The number of carboxylic acid groups (broad SMARTS) is 1. The highest BCUT2D eigenvalue weighted by atomic mass is 16.5. The van der Waals surface area contributed by atoms with Crippen molar-refractivity contribution < 1.29 is 19.4 Å². The van der Waals surface area contributed by atoms with Gasteiger partial charge in [0.05, 0.1) is 6.61 Å². The lowest BCUT2D eigenvalue weighted by atomic mass is 10.1. The molecule has 0 saturated heterocycles. The van der Waals surface area contributed by atoms with E-state index in [1.807, 2.05) is 0 Å². The summed E-state index contributed by atoms with van der Waals surface area (Å²) in [4.78, 5) is 21.8. The fourth-order valence-electron chi connectivity index (χ4n) is 2.39. The summed E-state index contributed by atoms with van der Waals surface area (Å²) < 4.78 is 5.20. The first-order chi connectivity index (χ1) is 10.7. The Kier molecular flexibility index (Phi) is 15.5. The second-order valence-corrected chi connectivity index (χ2v) is 6.00. The molecular weight excluding hydrogens is 280 g/mol. The Balaban J connectivity index is 3.17. The van der Waals surface area contributed by atoms with Crippen molar-refractivity contribution in [2.75, 3.05) is 6.61 Å². The van der Waals surface area contributed by atoms with E-state index in [1.54, 1.807) is 0 Å². The summed E-state index contributed by atoms with van der Waals surface area (Å²) in [7, 11) is 0. The normalized spacial score (nSPS) is 10.6. The van der Waals surface area contributed by atoms with Crippen LogP contribution < -0.4 is 0 Å². The standard InChI is InChI=1S/C18H34O4/c1-2-3-4-5-6-9-12-15-18(21)22-16-13-10-7-8-11-14-17(19)20/h2-16H2,1H3,(H,19,20). The van der Waals surface area contributed by atoms with Crippen LogP contribution in [0, 0.1) is 0 Å². The summed E-state index contributed by atoms with van der Waals surface area (Å²) >= 11 is 0. The minimum Gasteiger partial charge on any atom is -0.481 e. The van der Waals surface area contributed by atoms with Crippen LogP contribution in [0.3, 0.4) is 0 Å². The van der Waals surface area contributed by atoms with Gasteiger partial charge in [-0.25, -0.2) is 0 Å². The zero-order chi connectivity index (χ0) is 16.5. The lowest BCUT2D eigenvalue weighted by Crippen LogP contribution is -2.05. The van der Waals surface area contributed by atoms with E-state index in [4.69, 9.17) is 9.84 Å². The Labute approximate surface area is 135 Å². The highest BCUT2D eigenvalue weighted by molar-refractivity contribution is 5.69. The van der Waals surface area contributed by atoms with E-state index in [0.717, 1.165) is 44.9 Å². The van der Waals surface area contributed by atoms with Crippen molar-refractivity contribution in [3.05, 3.63) is 0 Å². The van der Waals surface area contributed by atoms with Crippen LogP contribution in [-0.2, 0) is 14.3 Å². The molecule has 0 aromatic heterocycles. The highest BCUT2D eigenvalue weighted by Gasteiger charge is 2.02. The number of carbonyl (C=O) groups is 2. The van der Waals surface area contributed by atoms with Gasteiger partial charge in [0.1, 0.15) is 0 Å². The number of hydrogen-bond donors (Lipinski definition) is 1. The Bertz CT molecular complexity index is 276. The molecule has 0 bridgehead atoms. The molecular formula is C18H34O4. The van der Waals surface area contributed by atoms with Gasteiger partial charge in [0.25, 0.3) is 0 Å². The molecule has 0 rings (SSSR count). The molecule has 0 atom stereocenters. The Morgan fingerprint density at radius 2 is 1.23 bits per heavy atom. The van der Waals surface area contributed by atoms with Crippen LogP contribution in [0.1, 0.15) is 96.8 Å². The topological polar surface area (TPSA) is 63.6 Å². The molecule has 130 valence electrons. The zero-order valence-corrected chi connectivity index (χ0v) is 14.3. The van der Waals surface area contributed by atoms with Gasteiger partial charge in [-0.2, -0.15) is 0 Å². The van der Waals surface area contributed by atoms with Gasteiger partial charge < -0.3 is 9.84 Å². The molecule has 0 fully saturated rings. The quantitative estimate of drug-likeness (QED) is 0.318. The maximum Gasteiger partial charge on any atom is 0.305 e. The fraction of sp³-hybridized carbons (Fsp3) is 0.889. The van der Waals surface area contributed by atoms with Gasteiger partial charge in [0.15, 0.2) is 0 Å². The molecule has 22 heavy (non-hydrogen) atoms. The number of carboxylic acids is 1. The first kappa shape index (κ1) is 20.9. The van der Waals surface area contributed by atoms with Crippen LogP contribution in [-0.4, -0.2) is 23.7 Å². The third kappa shape index (κ3) is 17.0. The second kappa shape index (κ2) is 16.3. The Morgan fingerprint density at radius 3 is 1.82 bits per heavy atom. The lowest BCUT2D eigenvalue weighted by molar-refractivity contribution is -0.144. The third-order valence-electron chi connectivity index (χ3n) is 3.78. The molecule has 0 aliphatic heterocycles. The molecule has 0 aromatic rings. The predicted molar refractivity (Wildman–Crippen MR) is 88.9 cm³/mol. The first-order valence-corrected chi connectivity index (χ1v) is 9.04. The van der Waals surface area contributed by atoms with Gasteiger partial charge in [-0.05, 0) is 19.3 Å². The molecule has 0 heterocycles. The smallest absolute Gasteiger partial charge is 0.305 e. The summed E-state index contributed by atoms with van der Waals surface area (Å²) in [5.41, 5.74) is 0. The predicted octanol–water partition coefficient (Wildman–Crippen LogP) is 5.10. The van der Waals surface area contributed by atoms with Gasteiger partial charge in [-0.1, -0.05) is 64.7 Å². The van der Waals surface area contributed by atoms with Gasteiger partial charge >= 0.3 is 11.9 Å². The van der Waals surface area contributed by atoms with Crippen molar-refractivity contribution in [3.63, 3.8) is 0 Å². The Hall–Kier alpha value is -1.06. The van der Waals surface area contributed by atoms with E-state index in [0.29, 0.717) is 13.0 Å². The third-order valence-corrected chi connectivity index (χ3v) is 3.78. The second-order valence-electron chi connectivity index (χ2n) is 6.00. The number of ether oxygens (including phenoxy) is 1. The molecule has 0 amide bonds.